The summed E-state index contributed by atoms with van der Waals surface area (Å²) >= 11 is 0. The Morgan fingerprint density at radius 3 is 1.66 bits per heavy atom. The largest absolute Gasteiger partial charge is 0.509 e. The van der Waals surface area contributed by atoms with Crippen molar-refractivity contribution in [3.05, 3.63) is 237 Å². The average molecular weight is 1010 g/mol. The maximum atomic E-state index is 6.69. The molecule has 6 heteroatoms. The number of para-hydroxylation sites is 3. The summed E-state index contributed by atoms with van der Waals surface area (Å²) in [6, 6.07) is 78.7. The Labute approximate surface area is 391 Å². The SMILES string of the molecule is CC(C)(C)c1ccc(-c2ccccc2)c(N2[CH-]N(c3[c-]c(Oc4[c-]c(N(c5ccccn5)c5c(-c6ccccc6)cccc5-c5ccccc5)ccc4)ccc3)c3ccccc32)c1.[Pt]. The van der Waals surface area contributed by atoms with Crippen LogP contribution in [-0.4, -0.2) is 4.98 Å². The monoisotopic (exact) mass is 1010 g/mol. The van der Waals surface area contributed by atoms with Gasteiger partial charge in [-0.1, -0.05) is 166 Å². The Kier molecular flexibility index (Phi) is 12.0. The van der Waals surface area contributed by atoms with E-state index in [2.05, 4.69) is 206 Å². The summed E-state index contributed by atoms with van der Waals surface area (Å²) in [5.41, 5.74) is 13.8. The molecule has 64 heavy (non-hydrogen) atoms. The van der Waals surface area contributed by atoms with E-state index in [-0.39, 0.29) is 26.5 Å². The molecule has 9 aromatic rings. The molecule has 0 atom stereocenters. The van der Waals surface area contributed by atoms with Crippen LogP contribution in [0.3, 0.4) is 0 Å². The van der Waals surface area contributed by atoms with Gasteiger partial charge in [0.05, 0.1) is 5.69 Å². The van der Waals surface area contributed by atoms with E-state index >= 15 is 0 Å². The van der Waals surface area contributed by atoms with Crippen molar-refractivity contribution in [3.8, 4) is 44.9 Å². The Morgan fingerprint density at radius 2 is 1.05 bits per heavy atom. The van der Waals surface area contributed by atoms with E-state index in [1.165, 1.54) is 11.1 Å². The van der Waals surface area contributed by atoms with Crippen molar-refractivity contribution in [1.82, 2.24) is 4.98 Å². The third-order valence-corrected chi connectivity index (χ3v) is 11.4. The second-order valence-corrected chi connectivity index (χ2v) is 16.6. The van der Waals surface area contributed by atoms with Crippen LogP contribution in [0.1, 0.15) is 26.3 Å². The number of fused-ring (bicyclic) bond motifs is 1. The summed E-state index contributed by atoms with van der Waals surface area (Å²) in [5, 5.41) is 0. The molecule has 10 rings (SSSR count). The van der Waals surface area contributed by atoms with Crippen molar-refractivity contribution in [2.45, 2.75) is 26.2 Å². The number of benzene rings is 8. The molecule has 1 aliphatic rings. The van der Waals surface area contributed by atoms with Crippen LogP contribution < -0.4 is 19.4 Å². The van der Waals surface area contributed by atoms with Crippen molar-refractivity contribution in [3.63, 3.8) is 0 Å². The number of rotatable bonds is 10. The Balaban J connectivity index is 0.00000518. The quantitative estimate of drug-likeness (QED) is 0.127. The first-order chi connectivity index (χ1) is 30.9. The summed E-state index contributed by atoms with van der Waals surface area (Å²) in [6.45, 7) is 8.95. The smallest absolute Gasteiger partial charge is 0.135 e. The first-order valence-corrected chi connectivity index (χ1v) is 21.3. The molecule has 0 bridgehead atoms. The molecule has 0 unspecified atom stereocenters. The zero-order valence-electron chi connectivity index (χ0n) is 35.8. The third-order valence-electron chi connectivity index (χ3n) is 11.4. The minimum atomic E-state index is -0.0270. The van der Waals surface area contributed by atoms with Crippen LogP contribution in [0.5, 0.6) is 11.5 Å². The Morgan fingerprint density at radius 1 is 0.500 bits per heavy atom. The Bertz CT molecular complexity index is 2950. The van der Waals surface area contributed by atoms with Gasteiger partial charge in [0.1, 0.15) is 5.82 Å². The van der Waals surface area contributed by atoms with Crippen molar-refractivity contribution in [1.29, 1.82) is 0 Å². The van der Waals surface area contributed by atoms with E-state index in [4.69, 9.17) is 9.72 Å². The van der Waals surface area contributed by atoms with Crippen molar-refractivity contribution in [2.75, 3.05) is 14.7 Å². The summed E-state index contributed by atoms with van der Waals surface area (Å²) < 4.78 is 6.69. The van der Waals surface area contributed by atoms with E-state index in [1.807, 2.05) is 60.8 Å². The molecule has 8 aromatic carbocycles. The van der Waals surface area contributed by atoms with Gasteiger partial charge in [-0.25, -0.2) is 4.98 Å². The maximum absolute atomic E-state index is 6.69. The van der Waals surface area contributed by atoms with E-state index in [9.17, 15) is 0 Å². The van der Waals surface area contributed by atoms with E-state index in [0.29, 0.717) is 11.5 Å². The van der Waals surface area contributed by atoms with Crippen LogP contribution in [0.25, 0.3) is 33.4 Å². The molecule has 0 spiro atoms. The second kappa shape index (κ2) is 18.3. The molecule has 1 aromatic heterocycles. The first kappa shape index (κ1) is 42.1. The molecule has 1 aliphatic heterocycles. The molecule has 5 nitrogen and oxygen atoms in total. The molecule has 0 N–H and O–H groups in total. The standard InChI is InChI=1S/C58H45N4O.Pt/c1-58(2,3)45-35-36-50(42-20-7-4-8-21-42)55(38-45)61-41-60(53-32-13-14-33-54(53)61)46-26-17-28-48(39-46)63-49-29-18-27-47(40-49)62(56-34-15-16-37-59-56)57-51(43-22-9-5-10-23-43)30-19-31-52(57)44-24-11-6-12-25-44;/h4-38,41H,1-3H3;/q-3;. The number of hydrogen-bond donors (Lipinski definition) is 0. The van der Waals surface area contributed by atoms with Gasteiger partial charge in [-0.3, -0.25) is 0 Å². The number of hydrogen-bond acceptors (Lipinski definition) is 5. The zero-order valence-corrected chi connectivity index (χ0v) is 38.1. The number of nitrogens with zero attached hydrogens (tertiary/aromatic N) is 4. The fourth-order valence-corrected chi connectivity index (χ4v) is 8.27. The molecule has 0 saturated heterocycles. The summed E-state index contributed by atoms with van der Waals surface area (Å²) in [6.07, 6.45) is 1.83. The predicted molar refractivity (Wildman–Crippen MR) is 260 cm³/mol. The maximum Gasteiger partial charge on any atom is 0.135 e. The normalized spacial score (nSPS) is 12.0. The zero-order chi connectivity index (χ0) is 42.8. The topological polar surface area (TPSA) is 31.8 Å². The third kappa shape index (κ3) is 8.48. The number of anilines is 7. The van der Waals surface area contributed by atoms with Gasteiger partial charge in [-0.2, -0.15) is 12.1 Å². The number of pyridine rings is 1. The Hall–Kier alpha value is -7.20. The van der Waals surface area contributed by atoms with Crippen LogP contribution in [-0.2, 0) is 26.5 Å². The van der Waals surface area contributed by atoms with Gasteiger partial charge in [0.15, 0.2) is 0 Å². The molecule has 0 radical (unpaired) electrons. The molecule has 2 heterocycles. The number of aromatic nitrogens is 1. The van der Waals surface area contributed by atoms with E-state index in [1.54, 1.807) is 0 Å². The number of ether oxygens (including phenoxy) is 1. The van der Waals surface area contributed by atoms with Gasteiger partial charge in [-0.05, 0) is 58.0 Å². The molecule has 0 aliphatic carbocycles. The summed E-state index contributed by atoms with van der Waals surface area (Å²) in [5.74, 6) is 1.89. The van der Waals surface area contributed by atoms with E-state index in [0.717, 1.165) is 67.8 Å². The van der Waals surface area contributed by atoms with Crippen LogP contribution >= 0.6 is 0 Å². The minimum absolute atomic E-state index is 0. The van der Waals surface area contributed by atoms with Gasteiger partial charge in [0.2, 0.25) is 0 Å². The van der Waals surface area contributed by atoms with Crippen LogP contribution in [0.2, 0.25) is 0 Å². The predicted octanol–water partition coefficient (Wildman–Crippen LogP) is 15.6. The van der Waals surface area contributed by atoms with Crippen molar-refractivity contribution >= 4 is 39.9 Å². The molecule has 316 valence electrons. The molecular formula is C58H45N4OPt-3. The summed E-state index contributed by atoms with van der Waals surface area (Å²) in [4.78, 5) is 11.6. The van der Waals surface area contributed by atoms with Crippen LogP contribution in [0.15, 0.2) is 212 Å². The average Bonchev–Trinajstić information content (AvgIpc) is 3.72. The van der Waals surface area contributed by atoms with E-state index < -0.39 is 0 Å². The van der Waals surface area contributed by atoms with Gasteiger partial charge >= 0.3 is 0 Å². The fourth-order valence-electron chi connectivity index (χ4n) is 8.27. The molecule has 0 amide bonds. The van der Waals surface area contributed by atoms with Crippen molar-refractivity contribution < 1.29 is 25.8 Å². The fraction of sp³-hybridized carbons (Fsp3) is 0.0690. The minimum Gasteiger partial charge on any atom is -0.509 e. The summed E-state index contributed by atoms with van der Waals surface area (Å²) in [7, 11) is 0. The molecular weight excluding hydrogens is 964 g/mol. The van der Waals surface area contributed by atoms with Gasteiger partial charge < -0.3 is 19.4 Å². The van der Waals surface area contributed by atoms with Crippen LogP contribution in [0, 0.1) is 18.8 Å². The van der Waals surface area contributed by atoms with Gasteiger partial charge in [0, 0.05) is 72.5 Å². The molecule has 0 fully saturated rings. The van der Waals surface area contributed by atoms with Crippen molar-refractivity contribution in [2.24, 2.45) is 0 Å². The first-order valence-electron chi connectivity index (χ1n) is 21.3. The molecule has 0 saturated carbocycles. The second-order valence-electron chi connectivity index (χ2n) is 16.6. The van der Waals surface area contributed by atoms with Crippen LogP contribution in [0.4, 0.5) is 39.9 Å². The van der Waals surface area contributed by atoms with Gasteiger partial charge in [-0.15, -0.1) is 48.8 Å². The van der Waals surface area contributed by atoms with Gasteiger partial charge in [0.25, 0.3) is 0 Å².